The maximum atomic E-state index is 12.1. The molecule has 0 aromatic heterocycles. The Balaban J connectivity index is 2.54. The fourth-order valence-corrected chi connectivity index (χ4v) is 2.96. The van der Waals surface area contributed by atoms with Crippen molar-refractivity contribution in [3.05, 3.63) is 35.4 Å². The molecule has 98 valence electrons. The summed E-state index contributed by atoms with van der Waals surface area (Å²) in [5.74, 6) is -0.259. The quantitative estimate of drug-likeness (QED) is 0.802. The molecule has 1 atom stereocenters. The fourth-order valence-electron chi connectivity index (χ4n) is 2.96. The molecule has 3 nitrogen and oxygen atoms in total. The van der Waals surface area contributed by atoms with Gasteiger partial charge >= 0.3 is 0 Å². The van der Waals surface area contributed by atoms with Crippen LogP contribution in [-0.4, -0.2) is 11.9 Å². The molecule has 3 N–H and O–H groups in total. The lowest BCUT2D eigenvalue weighted by molar-refractivity contribution is -0.125. The maximum absolute atomic E-state index is 12.1. The summed E-state index contributed by atoms with van der Waals surface area (Å²) in [6.07, 6.45) is 3.96. The van der Waals surface area contributed by atoms with Crippen LogP contribution in [0.3, 0.4) is 0 Å². The van der Waals surface area contributed by atoms with Gasteiger partial charge in [0.15, 0.2) is 0 Å². The van der Waals surface area contributed by atoms with Crippen molar-refractivity contribution in [1.82, 2.24) is 5.32 Å². The number of benzene rings is 1. The van der Waals surface area contributed by atoms with Crippen molar-refractivity contribution in [3.8, 4) is 0 Å². The molecule has 1 aromatic rings. The van der Waals surface area contributed by atoms with Crippen LogP contribution in [0.25, 0.3) is 0 Å². The Bertz CT molecular complexity index is 442. The molecule has 0 saturated heterocycles. The van der Waals surface area contributed by atoms with E-state index >= 15 is 0 Å². The summed E-state index contributed by atoms with van der Waals surface area (Å²) in [6.45, 7) is 4.11. The molecule has 0 fully saturated rings. The number of nitrogens with two attached hydrogens (primary N) is 1. The van der Waals surface area contributed by atoms with Crippen molar-refractivity contribution < 1.29 is 4.79 Å². The zero-order chi connectivity index (χ0) is 13.2. The van der Waals surface area contributed by atoms with E-state index in [0.717, 1.165) is 31.2 Å². The van der Waals surface area contributed by atoms with Crippen LogP contribution in [0, 0.1) is 0 Å². The number of amides is 1. The van der Waals surface area contributed by atoms with Gasteiger partial charge in [-0.15, -0.1) is 0 Å². The van der Waals surface area contributed by atoms with Crippen molar-refractivity contribution in [1.29, 1.82) is 0 Å². The Hall–Kier alpha value is -1.35. The number of hydrogen-bond acceptors (Lipinski definition) is 2. The van der Waals surface area contributed by atoms with Gasteiger partial charge in [0, 0.05) is 6.04 Å². The van der Waals surface area contributed by atoms with Gasteiger partial charge in [-0.25, -0.2) is 0 Å². The first-order valence-corrected chi connectivity index (χ1v) is 6.72. The molecule has 1 aromatic carbocycles. The molecule has 1 amide bonds. The summed E-state index contributed by atoms with van der Waals surface area (Å²) in [5.41, 5.74) is 7.36. The van der Waals surface area contributed by atoms with Crippen LogP contribution < -0.4 is 11.1 Å². The van der Waals surface area contributed by atoms with Crippen LogP contribution in [0.2, 0.25) is 0 Å². The third-order valence-corrected chi connectivity index (χ3v) is 3.68. The number of aryl methyl sites for hydroxylation is 1. The molecule has 1 aliphatic carbocycles. The van der Waals surface area contributed by atoms with E-state index < -0.39 is 5.54 Å². The normalized spacial score (nSPS) is 23.5. The first-order valence-electron chi connectivity index (χ1n) is 6.72. The van der Waals surface area contributed by atoms with Gasteiger partial charge in [-0.3, -0.25) is 10.1 Å². The average Bonchev–Trinajstić information content (AvgIpc) is 2.50. The predicted molar refractivity (Wildman–Crippen MR) is 73.1 cm³/mol. The van der Waals surface area contributed by atoms with E-state index in [4.69, 9.17) is 5.73 Å². The molecule has 0 spiro atoms. The Morgan fingerprint density at radius 2 is 2.06 bits per heavy atom. The number of nitrogens with one attached hydrogen (secondary N) is 1. The van der Waals surface area contributed by atoms with Crippen LogP contribution in [-0.2, 0) is 16.8 Å². The summed E-state index contributed by atoms with van der Waals surface area (Å²) in [6, 6.07) is 8.40. The van der Waals surface area contributed by atoms with Gasteiger partial charge in [0.05, 0.1) is 0 Å². The van der Waals surface area contributed by atoms with Crippen molar-refractivity contribution >= 4 is 5.91 Å². The van der Waals surface area contributed by atoms with E-state index in [0.29, 0.717) is 0 Å². The Morgan fingerprint density at radius 3 is 2.72 bits per heavy atom. The van der Waals surface area contributed by atoms with Crippen LogP contribution in [0.15, 0.2) is 24.3 Å². The fraction of sp³-hybridized carbons (Fsp3) is 0.533. The van der Waals surface area contributed by atoms with Crippen LogP contribution in [0.5, 0.6) is 0 Å². The van der Waals surface area contributed by atoms with Gasteiger partial charge in [-0.05, 0) is 44.2 Å². The minimum Gasteiger partial charge on any atom is -0.368 e. The van der Waals surface area contributed by atoms with Gasteiger partial charge in [0.2, 0.25) is 5.91 Å². The topological polar surface area (TPSA) is 55.1 Å². The number of hydrogen-bond donors (Lipinski definition) is 2. The highest BCUT2D eigenvalue weighted by Crippen LogP contribution is 2.34. The second-order valence-electron chi connectivity index (χ2n) is 5.43. The number of primary amides is 1. The van der Waals surface area contributed by atoms with Crippen LogP contribution in [0.1, 0.15) is 44.2 Å². The molecule has 0 radical (unpaired) electrons. The van der Waals surface area contributed by atoms with Crippen LogP contribution in [0.4, 0.5) is 0 Å². The number of carbonyl (C=O) groups excluding carboxylic acids is 1. The zero-order valence-electron chi connectivity index (χ0n) is 11.2. The van der Waals surface area contributed by atoms with E-state index in [2.05, 4.69) is 25.2 Å². The predicted octanol–water partition coefficient (Wildman–Crippen LogP) is 2.09. The average molecular weight is 246 g/mol. The highest BCUT2D eigenvalue weighted by Gasteiger charge is 2.40. The first-order chi connectivity index (χ1) is 8.56. The highest BCUT2D eigenvalue weighted by molar-refractivity contribution is 5.86. The monoisotopic (exact) mass is 246 g/mol. The van der Waals surface area contributed by atoms with Crippen molar-refractivity contribution in [2.24, 2.45) is 5.73 Å². The lowest BCUT2D eigenvalue weighted by Crippen LogP contribution is -2.55. The van der Waals surface area contributed by atoms with E-state index in [9.17, 15) is 4.79 Å². The molecule has 0 bridgehead atoms. The minimum absolute atomic E-state index is 0.226. The third kappa shape index (κ3) is 2.27. The minimum atomic E-state index is -0.693. The molecule has 1 unspecified atom stereocenters. The Kier molecular flexibility index (Phi) is 3.71. The first kappa shape index (κ1) is 13.1. The molecule has 2 rings (SSSR count). The molecule has 18 heavy (non-hydrogen) atoms. The Labute approximate surface area is 109 Å². The number of fused-ring (bicyclic) bond motifs is 1. The van der Waals surface area contributed by atoms with E-state index in [1.807, 2.05) is 18.2 Å². The lowest BCUT2D eigenvalue weighted by Gasteiger charge is -2.34. The largest absolute Gasteiger partial charge is 0.368 e. The Morgan fingerprint density at radius 1 is 1.33 bits per heavy atom. The van der Waals surface area contributed by atoms with Gasteiger partial charge in [-0.2, -0.15) is 0 Å². The summed E-state index contributed by atoms with van der Waals surface area (Å²) in [4.78, 5) is 12.1. The lowest BCUT2D eigenvalue weighted by atomic mass is 9.83. The number of rotatable bonds is 3. The van der Waals surface area contributed by atoms with E-state index in [1.165, 1.54) is 5.56 Å². The zero-order valence-corrected chi connectivity index (χ0v) is 11.2. The maximum Gasteiger partial charge on any atom is 0.242 e. The molecule has 0 heterocycles. The van der Waals surface area contributed by atoms with Gasteiger partial charge in [-0.1, -0.05) is 30.7 Å². The second-order valence-corrected chi connectivity index (χ2v) is 5.43. The summed E-state index contributed by atoms with van der Waals surface area (Å²) < 4.78 is 0. The summed E-state index contributed by atoms with van der Waals surface area (Å²) in [7, 11) is 0. The second kappa shape index (κ2) is 5.11. The summed E-state index contributed by atoms with van der Waals surface area (Å²) >= 11 is 0. The van der Waals surface area contributed by atoms with Crippen molar-refractivity contribution in [3.63, 3.8) is 0 Å². The third-order valence-electron chi connectivity index (χ3n) is 3.68. The molecular formula is C15H22N2O. The highest BCUT2D eigenvalue weighted by atomic mass is 16.1. The van der Waals surface area contributed by atoms with Crippen molar-refractivity contribution in [2.45, 2.75) is 51.1 Å². The van der Waals surface area contributed by atoms with Crippen molar-refractivity contribution in [2.75, 3.05) is 0 Å². The van der Waals surface area contributed by atoms with E-state index in [-0.39, 0.29) is 11.9 Å². The van der Waals surface area contributed by atoms with E-state index in [1.54, 1.807) is 0 Å². The molecular weight excluding hydrogens is 224 g/mol. The molecule has 1 aliphatic rings. The molecule has 0 saturated carbocycles. The SMILES string of the molecule is CC(C)NC1(C(N)=O)CCCCc2ccccc21. The summed E-state index contributed by atoms with van der Waals surface area (Å²) in [5, 5.41) is 3.42. The standard InChI is InChI=1S/C15H22N2O/c1-11(2)17-15(14(16)18)10-6-5-8-12-7-3-4-9-13(12)15/h3-4,7,9,11,17H,5-6,8,10H2,1-2H3,(H2,16,18). The van der Waals surface area contributed by atoms with Gasteiger partial charge in [0.1, 0.15) is 5.54 Å². The smallest absolute Gasteiger partial charge is 0.242 e. The van der Waals surface area contributed by atoms with Gasteiger partial charge < -0.3 is 5.73 Å². The number of carbonyl (C=O) groups is 1. The molecule has 3 heteroatoms. The van der Waals surface area contributed by atoms with Gasteiger partial charge in [0.25, 0.3) is 0 Å². The molecule has 0 aliphatic heterocycles. The van der Waals surface area contributed by atoms with Crippen LogP contribution >= 0.6 is 0 Å².